The number of rotatable bonds is 6. The van der Waals surface area contributed by atoms with Crippen molar-refractivity contribution in [2.75, 3.05) is 20.2 Å². The van der Waals surface area contributed by atoms with Gasteiger partial charge in [-0.15, -0.1) is 0 Å². The summed E-state index contributed by atoms with van der Waals surface area (Å²) in [7, 11) is 3.63. The summed E-state index contributed by atoms with van der Waals surface area (Å²) in [5.41, 5.74) is 4.55. The molecule has 0 bridgehead atoms. The van der Waals surface area contributed by atoms with Crippen molar-refractivity contribution in [2.45, 2.75) is 19.3 Å². The Morgan fingerprint density at radius 2 is 1.74 bits per heavy atom. The fraction of sp³-hybridized carbons (Fsp3) is 0.286. The van der Waals surface area contributed by atoms with Crippen LogP contribution in [0.5, 0.6) is 5.75 Å². The molecule has 34 heavy (non-hydrogen) atoms. The number of carbonyl (C=O) groups excluding carboxylic acids is 1. The highest BCUT2D eigenvalue weighted by atomic mass is 16.5. The minimum Gasteiger partial charge on any atom is -0.497 e. The van der Waals surface area contributed by atoms with Gasteiger partial charge in [0.15, 0.2) is 0 Å². The predicted molar refractivity (Wildman–Crippen MR) is 133 cm³/mol. The lowest BCUT2D eigenvalue weighted by atomic mass is 9.90. The number of methoxy groups -OCH3 is 1. The Morgan fingerprint density at radius 1 is 1.00 bits per heavy atom. The monoisotopic (exact) mass is 454 g/mol. The van der Waals surface area contributed by atoms with Gasteiger partial charge in [-0.25, -0.2) is 4.68 Å². The van der Waals surface area contributed by atoms with E-state index in [1.807, 2.05) is 65.2 Å². The molecular weight excluding hydrogens is 424 g/mol. The van der Waals surface area contributed by atoms with Crippen LogP contribution in [0.3, 0.4) is 0 Å². The molecule has 0 spiro atoms. The zero-order valence-corrected chi connectivity index (χ0v) is 19.7. The second kappa shape index (κ2) is 9.59. The minimum atomic E-state index is 0.0296. The highest BCUT2D eigenvalue weighted by molar-refractivity contribution is 5.94. The molecule has 2 aromatic heterocycles. The summed E-state index contributed by atoms with van der Waals surface area (Å²) >= 11 is 0. The number of hydrogen-bond donors (Lipinski definition) is 0. The van der Waals surface area contributed by atoms with Gasteiger partial charge in [-0.1, -0.05) is 30.3 Å². The van der Waals surface area contributed by atoms with Crippen molar-refractivity contribution < 1.29 is 9.53 Å². The van der Waals surface area contributed by atoms with Gasteiger partial charge in [0, 0.05) is 26.3 Å². The molecule has 1 aliphatic rings. The van der Waals surface area contributed by atoms with E-state index in [2.05, 4.69) is 30.3 Å². The summed E-state index contributed by atoms with van der Waals surface area (Å²) in [5, 5.41) is 4.83. The maximum absolute atomic E-state index is 13.7. The highest BCUT2D eigenvalue weighted by Crippen LogP contribution is 2.27. The maximum Gasteiger partial charge on any atom is 0.272 e. The van der Waals surface area contributed by atoms with E-state index in [0.717, 1.165) is 55.2 Å². The van der Waals surface area contributed by atoms with Gasteiger partial charge in [0.05, 0.1) is 18.5 Å². The Bertz CT molecular complexity index is 1250. The van der Waals surface area contributed by atoms with E-state index in [1.165, 1.54) is 5.56 Å². The number of carbonyl (C=O) groups is 1. The topological polar surface area (TPSA) is 52.3 Å². The highest BCUT2D eigenvalue weighted by Gasteiger charge is 2.27. The number of ether oxygens (including phenoxy) is 1. The summed E-state index contributed by atoms with van der Waals surface area (Å²) in [5.74, 6) is 1.41. The number of benzene rings is 2. The third kappa shape index (κ3) is 4.49. The Balaban J connectivity index is 1.39. The van der Waals surface area contributed by atoms with E-state index in [9.17, 15) is 4.79 Å². The SMILES string of the molecule is COc1ccc(-n2nc(-c3cccn3C)cc2C(=O)N2CCC(Cc3ccccc3)CC2)cc1. The van der Waals surface area contributed by atoms with Crippen LogP contribution >= 0.6 is 0 Å². The molecule has 0 N–H and O–H groups in total. The van der Waals surface area contributed by atoms with Crippen LogP contribution in [-0.2, 0) is 13.5 Å². The summed E-state index contributed by atoms with van der Waals surface area (Å²) in [6.07, 6.45) is 5.09. The fourth-order valence-electron chi connectivity index (χ4n) is 4.76. The first-order chi connectivity index (χ1) is 16.6. The van der Waals surface area contributed by atoms with Crippen molar-refractivity contribution in [2.24, 2.45) is 13.0 Å². The standard InChI is InChI=1S/C28H30N4O2/c1-30-16-6-9-26(30)25-20-27(32(29-25)23-10-12-24(34-2)13-11-23)28(33)31-17-14-22(15-18-31)19-21-7-4-3-5-8-21/h3-13,16,20,22H,14-15,17-19H2,1-2H3. The van der Waals surface area contributed by atoms with E-state index in [-0.39, 0.29) is 5.91 Å². The van der Waals surface area contributed by atoms with Gasteiger partial charge in [0.25, 0.3) is 5.91 Å². The van der Waals surface area contributed by atoms with Gasteiger partial charge in [-0.3, -0.25) is 4.79 Å². The van der Waals surface area contributed by atoms with E-state index >= 15 is 0 Å². The summed E-state index contributed by atoms with van der Waals surface area (Å²) in [6, 6.07) is 24.2. The largest absolute Gasteiger partial charge is 0.497 e. The fourth-order valence-corrected chi connectivity index (χ4v) is 4.76. The Morgan fingerprint density at radius 3 is 2.38 bits per heavy atom. The van der Waals surface area contributed by atoms with Crippen molar-refractivity contribution in [1.29, 1.82) is 0 Å². The number of hydrogen-bond acceptors (Lipinski definition) is 3. The van der Waals surface area contributed by atoms with Gasteiger partial charge >= 0.3 is 0 Å². The molecule has 1 saturated heterocycles. The number of piperidine rings is 1. The molecule has 6 heteroatoms. The van der Waals surface area contributed by atoms with Crippen LogP contribution in [0.4, 0.5) is 0 Å². The second-order valence-electron chi connectivity index (χ2n) is 8.95. The maximum atomic E-state index is 13.7. The molecule has 0 atom stereocenters. The number of likely N-dealkylation sites (tertiary alicyclic amines) is 1. The number of amides is 1. The lowest BCUT2D eigenvalue weighted by Crippen LogP contribution is -2.39. The first-order valence-electron chi connectivity index (χ1n) is 11.8. The van der Waals surface area contributed by atoms with Gasteiger partial charge < -0.3 is 14.2 Å². The van der Waals surface area contributed by atoms with Crippen molar-refractivity contribution in [3.8, 4) is 22.8 Å². The second-order valence-corrected chi connectivity index (χ2v) is 8.95. The first kappa shape index (κ1) is 22.0. The first-order valence-corrected chi connectivity index (χ1v) is 11.8. The molecule has 0 saturated carbocycles. The van der Waals surface area contributed by atoms with Crippen LogP contribution in [0.25, 0.3) is 17.1 Å². The van der Waals surface area contributed by atoms with Crippen molar-refractivity contribution in [3.05, 3.63) is 90.3 Å². The smallest absolute Gasteiger partial charge is 0.272 e. The third-order valence-corrected chi connectivity index (χ3v) is 6.72. The third-order valence-electron chi connectivity index (χ3n) is 6.72. The molecule has 1 amide bonds. The molecule has 1 aliphatic heterocycles. The molecular formula is C28H30N4O2. The van der Waals surface area contributed by atoms with Crippen LogP contribution in [0.1, 0.15) is 28.9 Å². The Labute approximate surface area is 200 Å². The van der Waals surface area contributed by atoms with Gasteiger partial charge in [-0.2, -0.15) is 5.10 Å². The number of nitrogens with zero attached hydrogens (tertiary/aromatic N) is 4. The van der Waals surface area contributed by atoms with Gasteiger partial charge in [0.1, 0.15) is 17.1 Å². The zero-order chi connectivity index (χ0) is 23.5. The molecule has 5 rings (SSSR count). The average Bonchev–Trinajstić information content (AvgIpc) is 3.51. The molecule has 0 radical (unpaired) electrons. The summed E-state index contributed by atoms with van der Waals surface area (Å²) in [6.45, 7) is 1.53. The molecule has 4 aromatic rings. The molecule has 6 nitrogen and oxygen atoms in total. The van der Waals surface area contributed by atoms with E-state index in [0.29, 0.717) is 11.6 Å². The quantitative estimate of drug-likeness (QED) is 0.413. The predicted octanol–water partition coefficient (Wildman–Crippen LogP) is 4.98. The molecule has 0 aliphatic carbocycles. The van der Waals surface area contributed by atoms with Crippen LogP contribution in [0, 0.1) is 5.92 Å². The lowest BCUT2D eigenvalue weighted by molar-refractivity contribution is 0.0681. The van der Waals surface area contributed by atoms with Crippen molar-refractivity contribution >= 4 is 5.91 Å². The van der Waals surface area contributed by atoms with Crippen LogP contribution in [0.15, 0.2) is 79.0 Å². The minimum absolute atomic E-state index is 0.0296. The van der Waals surface area contributed by atoms with Crippen LogP contribution in [-0.4, -0.2) is 45.4 Å². The van der Waals surface area contributed by atoms with Crippen LogP contribution < -0.4 is 4.74 Å². The summed E-state index contributed by atoms with van der Waals surface area (Å²) in [4.78, 5) is 15.7. The molecule has 1 fully saturated rings. The zero-order valence-electron chi connectivity index (χ0n) is 19.7. The lowest BCUT2D eigenvalue weighted by Gasteiger charge is -2.32. The van der Waals surface area contributed by atoms with Gasteiger partial charge in [0.2, 0.25) is 0 Å². The molecule has 174 valence electrons. The van der Waals surface area contributed by atoms with E-state index in [1.54, 1.807) is 11.8 Å². The van der Waals surface area contributed by atoms with E-state index < -0.39 is 0 Å². The van der Waals surface area contributed by atoms with Crippen LogP contribution in [0.2, 0.25) is 0 Å². The van der Waals surface area contributed by atoms with Gasteiger partial charge in [-0.05, 0) is 73.2 Å². The number of aryl methyl sites for hydroxylation is 1. The normalized spacial score (nSPS) is 14.4. The Kier molecular flexibility index (Phi) is 6.21. The molecule has 3 heterocycles. The van der Waals surface area contributed by atoms with E-state index in [4.69, 9.17) is 9.84 Å². The number of aromatic nitrogens is 3. The molecule has 0 unspecified atom stereocenters. The summed E-state index contributed by atoms with van der Waals surface area (Å²) < 4.78 is 9.08. The Hall–Kier alpha value is -3.80. The van der Waals surface area contributed by atoms with Crippen molar-refractivity contribution in [3.63, 3.8) is 0 Å². The molecule has 2 aromatic carbocycles. The average molecular weight is 455 g/mol. The van der Waals surface area contributed by atoms with Crippen molar-refractivity contribution in [1.82, 2.24) is 19.2 Å².